The third-order valence-electron chi connectivity index (χ3n) is 3.61. The average Bonchev–Trinajstić information content (AvgIpc) is 2.60. The lowest BCUT2D eigenvalue weighted by atomic mass is 10.1. The fourth-order valence-electron chi connectivity index (χ4n) is 2.36. The van der Waals surface area contributed by atoms with Gasteiger partial charge < -0.3 is 4.74 Å². The number of carbonyl (C=O) groups excluding carboxylic acids is 1. The topological polar surface area (TPSA) is 73.3 Å². The van der Waals surface area contributed by atoms with E-state index in [9.17, 15) is 17.1 Å². The number of esters is 1. The van der Waals surface area contributed by atoms with Crippen molar-refractivity contribution in [3.05, 3.63) is 59.1 Å². The molecule has 5 nitrogen and oxygen atoms in total. The molecule has 25 heavy (non-hydrogen) atoms. The molecule has 1 heterocycles. The Bertz CT molecular complexity index is 1080. The van der Waals surface area contributed by atoms with Gasteiger partial charge in [-0.15, -0.1) is 3.89 Å². The first kappa shape index (κ1) is 17.3. The summed E-state index contributed by atoms with van der Waals surface area (Å²) in [5.41, 5.74) is 2.06. The molecular formula is C17H11ClFNO4S. The molecule has 0 unspecified atom stereocenters. The van der Waals surface area contributed by atoms with Crippen LogP contribution in [-0.4, -0.2) is 26.5 Å². The van der Waals surface area contributed by atoms with Crippen LogP contribution >= 0.6 is 11.6 Å². The van der Waals surface area contributed by atoms with E-state index in [1.165, 1.54) is 13.2 Å². The summed E-state index contributed by atoms with van der Waals surface area (Å²) in [6.07, 6.45) is 0. The third kappa shape index (κ3) is 3.47. The minimum Gasteiger partial charge on any atom is -0.465 e. The highest BCUT2D eigenvalue weighted by Crippen LogP contribution is 2.30. The molecule has 0 spiro atoms. The second-order valence-electron chi connectivity index (χ2n) is 5.18. The SMILES string of the molecule is COC(=O)c1ccc(-c2cc(Cl)c3cc(S(=O)(=O)F)ccc3n2)cc1. The largest absolute Gasteiger partial charge is 0.465 e. The van der Waals surface area contributed by atoms with Gasteiger partial charge in [0.05, 0.1) is 33.8 Å². The van der Waals surface area contributed by atoms with Crippen molar-refractivity contribution in [3.8, 4) is 11.3 Å². The maximum Gasteiger partial charge on any atom is 0.337 e. The monoisotopic (exact) mass is 379 g/mol. The second kappa shape index (κ2) is 6.42. The molecule has 0 aliphatic heterocycles. The number of hydrogen-bond acceptors (Lipinski definition) is 5. The number of pyridine rings is 1. The van der Waals surface area contributed by atoms with Gasteiger partial charge in [0.2, 0.25) is 0 Å². The third-order valence-corrected chi connectivity index (χ3v) is 4.74. The van der Waals surface area contributed by atoms with Gasteiger partial charge in [0, 0.05) is 10.9 Å². The van der Waals surface area contributed by atoms with Gasteiger partial charge in [0.1, 0.15) is 0 Å². The Hall–Kier alpha value is -2.51. The molecule has 0 N–H and O–H groups in total. The predicted octanol–water partition coefficient (Wildman–Crippen LogP) is 4.00. The van der Waals surface area contributed by atoms with Crippen LogP contribution in [0.3, 0.4) is 0 Å². The zero-order valence-corrected chi connectivity index (χ0v) is 14.4. The molecular weight excluding hydrogens is 369 g/mol. The number of aromatic nitrogens is 1. The summed E-state index contributed by atoms with van der Waals surface area (Å²) in [7, 11) is -3.52. The number of rotatable bonds is 3. The maximum atomic E-state index is 13.1. The first-order valence-electron chi connectivity index (χ1n) is 7.03. The lowest BCUT2D eigenvalue weighted by Gasteiger charge is -2.07. The summed E-state index contributed by atoms with van der Waals surface area (Å²) in [5.74, 6) is -0.448. The van der Waals surface area contributed by atoms with Crippen LogP contribution in [0.2, 0.25) is 5.02 Å². The van der Waals surface area contributed by atoms with Crippen LogP contribution < -0.4 is 0 Å². The smallest absolute Gasteiger partial charge is 0.337 e. The quantitative estimate of drug-likeness (QED) is 0.508. The fourth-order valence-corrected chi connectivity index (χ4v) is 3.10. The molecule has 0 atom stereocenters. The molecule has 8 heteroatoms. The van der Waals surface area contributed by atoms with Crippen molar-refractivity contribution in [2.75, 3.05) is 7.11 Å². The van der Waals surface area contributed by atoms with Crippen LogP contribution in [0.4, 0.5) is 3.89 Å². The van der Waals surface area contributed by atoms with Crippen molar-refractivity contribution >= 4 is 38.7 Å². The number of fused-ring (bicyclic) bond motifs is 1. The molecule has 0 radical (unpaired) electrons. The average molecular weight is 380 g/mol. The van der Waals surface area contributed by atoms with E-state index in [0.717, 1.165) is 12.1 Å². The summed E-state index contributed by atoms with van der Waals surface area (Å²) in [4.78, 5) is 15.4. The minimum atomic E-state index is -4.82. The molecule has 3 rings (SSSR count). The molecule has 0 aliphatic rings. The summed E-state index contributed by atoms with van der Waals surface area (Å²) in [6.45, 7) is 0. The summed E-state index contributed by atoms with van der Waals surface area (Å²) < 4.78 is 39.8. The van der Waals surface area contributed by atoms with Gasteiger partial charge in [-0.1, -0.05) is 23.7 Å². The van der Waals surface area contributed by atoms with E-state index in [-0.39, 0.29) is 5.02 Å². The second-order valence-corrected chi connectivity index (χ2v) is 6.93. The number of carbonyl (C=O) groups is 1. The van der Waals surface area contributed by atoms with Crippen molar-refractivity contribution in [3.63, 3.8) is 0 Å². The van der Waals surface area contributed by atoms with Gasteiger partial charge in [-0.05, 0) is 36.4 Å². The Labute approximate surface area is 148 Å². The number of ether oxygens (including phenoxy) is 1. The van der Waals surface area contributed by atoms with Crippen molar-refractivity contribution in [1.82, 2.24) is 4.98 Å². The molecule has 0 saturated heterocycles. The van der Waals surface area contributed by atoms with Crippen molar-refractivity contribution in [2.24, 2.45) is 0 Å². The van der Waals surface area contributed by atoms with E-state index in [4.69, 9.17) is 11.6 Å². The van der Waals surface area contributed by atoms with E-state index in [1.807, 2.05) is 0 Å². The Morgan fingerprint density at radius 3 is 2.40 bits per heavy atom. The standard InChI is InChI=1S/C17H11ClFNO4S/c1-24-17(21)11-4-2-10(3-5-11)16-9-14(18)13-8-12(25(19,22)23)6-7-15(13)20-16/h2-9H,1H3. The van der Waals surface area contributed by atoms with Crippen molar-refractivity contribution < 1.29 is 21.8 Å². The number of halogens is 2. The molecule has 0 aliphatic carbocycles. The first-order chi connectivity index (χ1) is 11.8. The highest BCUT2D eigenvalue weighted by atomic mass is 35.5. The fraction of sp³-hybridized carbons (Fsp3) is 0.0588. The van der Waals surface area contributed by atoms with Gasteiger partial charge in [-0.2, -0.15) is 8.42 Å². The summed E-state index contributed by atoms with van der Waals surface area (Å²) in [6, 6.07) is 11.8. The Morgan fingerprint density at radius 2 is 1.80 bits per heavy atom. The predicted molar refractivity (Wildman–Crippen MR) is 91.8 cm³/mol. The Balaban J connectivity index is 2.08. The van der Waals surface area contributed by atoms with E-state index in [0.29, 0.717) is 27.7 Å². The molecule has 2 aromatic carbocycles. The lowest BCUT2D eigenvalue weighted by molar-refractivity contribution is 0.0600. The van der Waals surface area contributed by atoms with Gasteiger partial charge in [-0.3, -0.25) is 0 Å². The molecule has 0 bridgehead atoms. The van der Waals surface area contributed by atoms with Crippen LogP contribution in [0.25, 0.3) is 22.2 Å². The molecule has 0 amide bonds. The van der Waals surface area contributed by atoms with Crippen LogP contribution in [0.15, 0.2) is 53.4 Å². The highest BCUT2D eigenvalue weighted by Gasteiger charge is 2.15. The molecule has 0 fully saturated rings. The Morgan fingerprint density at radius 1 is 1.12 bits per heavy atom. The zero-order valence-electron chi connectivity index (χ0n) is 12.9. The number of hydrogen-bond donors (Lipinski definition) is 0. The molecule has 3 aromatic rings. The highest BCUT2D eigenvalue weighted by molar-refractivity contribution is 7.86. The number of nitrogens with zero attached hydrogens (tertiary/aromatic N) is 1. The van der Waals surface area contributed by atoms with Gasteiger partial charge in [-0.25, -0.2) is 9.78 Å². The Kier molecular flexibility index (Phi) is 4.45. The summed E-state index contributed by atoms with van der Waals surface area (Å²) >= 11 is 6.21. The van der Waals surface area contributed by atoms with Crippen LogP contribution in [0.5, 0.6) is 0 Å². The van der Waals surface area contributed by atoms with Crippen molar-refractivity contribution in [2.45, 2.75) is 4.90 Å². The molecule has 1 aromatic heterocycles. The minimum absolute atomic E-state index is 0.238. The van der Waals surface area contributed by atoms with Gasteiger partial charge in [0.15, 0.2) is 0 Å². The first-order valence-corrected chi connectivity index (χ1v) is 8.79. The van der Waals surface area contributed by atoms with E-state index in [2.05, 4.69) is 9.72 Å². The number of benzene rings is 2. The van der Waals surface area contributed by atoms with E-state index in [1.54, 1.807) is 30.3 Å². The number of methoxy groups -OCH3 is 1. The molecule has 0 saturated carbocycles. The summed E-state index contributed by atoms with van der Waals surface area (Å²) in [5, 5.41) is 0.567. The lowest BCUT2D eigenvalue weighted by Crippen LogP contribution is -2.00. The normalized spacial score (nSPS) is 11.5. The van der Waals surface area contributed by atoms with Gasteiger partial charge in [0.25, 0.3) is 0 Å². The van der Waals surface area contributed by atoms with Gasteiger partial charge >= 0.3 is 16.2 Å². The van der Waals surface area contributed by atoms with Crippen LogP contribution in [-0.2, 0) is 15.0 Å². The van der Waals surface area contributed by atoms with E-state index >= 15 is 0 Å². The van der Waals surface area contributed by atoms with Crippen molar-refractivity contribution in [1.29, 1.82) is 0 Å². The van der Waals surface area contributed by atoms with E-state index < -0.39 is 21.1 Å². The van der Waals surface area contributed by atoms with Crippen LogP contribution in [0, 0.1) is 0 Å². The zero-order chi connectivity index (χ0) is 18.2. The molecule has 128 valence electrons. The van der Waals surface area contributed by atoms with Crippen LogP contribution in [0.1, 0.15) is 10.4 Å². The maximum absolute atomic E-state index is 13.1.